The highest BCUT2D eigenvalue weighted by Crippen LogP contribution is 2.38. The van der Waals surface area contributed by atoms with Crippen molar-refractivity contribution >= 4 is 5.97 Å². The van der Waals surface area contributed by atoms with Crippen LogP contribution in [-0.4, -0.2) is 60.1 Å². The van der Waals surface area contributed by atoms with Crippen molar-refractivity contribution in [2.75, 3.05) is 33.2 Å². The second kappa shape index (κ2) is 7.10. The van der Waals surface area contributed by atoms with E-state index in [1.54, 1.807) is 0 Å². The maximum Gasteiger partial charge on any atom is 0.317 e. The SMILES string of the molecule is CN(CC(=O)O)C1CCN(CC2CCC(C)(C)CC2)CC1. The Labute approximate surface area is 129 Å². The first-order chi connectivity index (χ1) is 9.85. The Morgan fingerprint density at radius 2 is 1.76 bits per heavy atom. The molecule has 0 unspecified atom stereocenters. The molecule has 1 N–H and O–H groups in total. The molecule has 1 aliphatic carbocycles. The summed E-state index contributed by atoms with van der Waals surface area (Å²) in [5, 5.41) is 8.87. The van der Waals surface area contributed by atoms with Crippen LogP contribution in [-0.2, 0) is 4.79 Å². The molecule has 1 saturated heterocycles. The summed E-state index contributed by atoms with van der Waals surface area (Å²) >= 11 is 0. The van der Waals surface area contributed by atoms with Gasteiger partial charge in [-0.05, 0) is 70.0 Å². The number of hydrogen-bond acceptors (Lipinski definition) is 3. The molecule has 122 valence electrons. The zero-order chi connectivity index (χ0) is 15.5. The molecular weight excluding hydrogens is 264 g/mol. The van der Waals surface area contributed by atoms with Gasteiger partial charge in [0.2, 0.25) is 0 Å². The van der Waals surface area contributed by atoms with E-state index in [9.17, 15) is 4.79 Å². The summed E-state index contributed by atoms with van der Waals surface area (Å²) in [6.45, 7) is 8.48. The minimum absolute atomic E-state index is 0.169. The zero-order valence-corrected chi connectivity index (χ0v) is 14.0. The summed E-state index contributed by atoms with van der Waals surface area (Å²) in [4.78, 5) is 15.4. The number of carboxylic acids is 1. The van der Waals surface area contributed by atoms with Crippen molar-refractivity contribution in [3.63, 3.8) is 0 Å². The van der Waals surface area contributed by atoms with Gasteiger partial charge in [0.25, 0.3) is 0 Å². The molecule has 0 bridgehead atoms. The van der Waals surface area contributed by atoms with Gasteiger partial charge in [-0.25, -0.2) is 0 Å². The van der Waals surface area contributed by atoms with Gasteiger partial charge in [-0.2, -0.15) is 0 Å². The molecule has 4 heteroatoms. The van der Waals surface area contributed by atoms with E-state index in [0.29, 0.717) is 11.5 Å². The summed E-state index contributed by atoms with van der Waals surface area (Å²) in [6.07, 6.45) is 7.73. The van der Waals surface area contributed by atoms with Crippen LogP contribution in [0.5, 0.6) is 0 Å². The average molecular weight is 296 g/mol. The number of rotatable bonds is 5. The molecule has 0 radical (unpaired) electrons. The number of nitrogens with zero attached hydrogens (tertiary/aromatic N) is 2. The number of carboxylic acid groups (broad SMARTS) is 1. The maximum absolute atomic E-state index is 10.8. The van der Waals surface area contributed by atoms with Gasteiger partial charge in [0.1, 0.15) is 0 Å². The highest BCUT2D eigenvalue weighted by molar-refractivity contribution is 5.69. The lowest BCUT2D eigenvalue weighted by molar-refractivity contribution is -0.138. The standard InChI is InChI=1S/C17H32N2O2/c1-17(2)8-4-14(5-9-17)12-19-10-6-15(7-11-19)18(3)13-16(20)21/h14-15H,4-13H2,1-3H3,(H,20,21). The molecule has 1 saturated carbocycles. The molecule has 4 nitrogen and oxygen atoms in total. The highest BCUT2D eigenvalue weighted by atomic mass is 16.4. The summed E-state index contributed by atoms with van der Waals surface area (Å²) in [5.41, 5.74) is 0.559. The molecule has 1 heterocycles. The lowest BCUT2D eigenvalue weighted by Gasteiger charge is -2.40. The lowest BCUT2D eigenvalue weighted by atomic mass is 9.73. The Bertz CT molecular complexity index is 339. The lowest BCUT2D eigenvalue weighted by Crippen LogP contribution is -2.46. The molecular formula is C17H32N2O2. The van der Waals surface area contributed by atoms with Gasteiger partial charge in [0.05, 0.1) is 6.54 Å². The van der Waals surface area contributed by atoms with Gasteiger partial charge < -0.3 is 10.0 Å². The Balaban J connectivity index is 1.69. The molecule has 2 aliphatic rings. The molecule has 0 spiro atoms. The molecule has 0 aromatic rings. The van der Waals surface area contributed by atoms with Crippen molar-refractivity contribution in [1.82, 2.24) is 9.80 Å². The van der Waals surface area contributed by atoms with Crippen molar-refractivity contribution in [2.24, 2.45) is 11.3 Å². The van der Waals surface area contributed by atoms with Gasteiger partial charge in [-0.15, -0.1) is 0 Å². The fourth-order valence-corrected chi connectivity index (χ4v) is 3.89. The van der Waals surface area contributed by atoms with Gasteiger partial charge in [-0.3, -0.25) is 9.69 Å². The molecule has 0 amide bonds. The largest absolute Gasteiger partial charge is 0.480 e. The highest BCUT2D eigenvalue weighted by Gasteiger charge is 2.29. The van der Waals surface area contributed by atoms with Crippen LogP contribution in [0.4, 0.5) is 0 Å². The van der Waals surface area contributed by atoms with Crippen molar-refractivity contribution in [1.29, 1.82) is 0 Å². The molecule has 1 aliphatic heterocycles. The van der Waals surface area contributed by atoms with Gasteiger partial charge >= 0.3 is 5.97 Å². The number of carbonyl (C=O) groups is 1. The van der Waals surface area contributed by atoms with Crippen molar-refractivity contribution in [3.05, 3.63) is 0 Å². The second-order valence-corrected chi connectivity index (χ2v) is 7.95. The van der Waals surface area contributed by atoms with E-state index >= 15 is 0 Å². The number of piperidine rings is 1. The van der Waals surface area contributed by atoms with E-state index in [2.05, 4.69) is 18.7 Å². The monoisotopic (exact) mass is 296 g/mol. The minimum atomic E-state index is -0.718. The molecule has 21 heavy (non-hydrogen) atoms. The van der Waals surface area contributed by atoms with Crippen LogP contribution in [0.2, 0.25) is 0 Å². The molecule has 2 fully saturated rings. The topological polar surface area (TPSA) is 43.8 Å². The van der Waals surface area contributed by atoms with E-state index in [4.69, 9.17) is 5.11 Å². The number of hydrogen-bond donors (Lipinski definition) is 1. The van der Waals surface area contributed by atoms with Crippen LogP contribution in [0.25, 0.3) is 0 Å². The molecule has 2 rings (SSSR count). The first kappa shape index (κ1) is 16.8. The van der Waals surface area contributed by atoms with E-state index in [0.717, 1.165) is 31.8 Å². The average Bonchev–Trinajstić information content (AvgIpc) is 2.41. The van der Waals surface area contributed by atoms with Gasteiger partial charge in [0, 0.05) is 12.6 Å². The van der Waals surface area contributed by atoms with Crippen LogP contribution < -0.4 is 0 Å². The van der Waals surface area contributed by atoms with E-state index in [1.807, 2.05) is 11.9 Å². The fourth-order valence-electron chi connectivity index (χ4n) is 3.89. The Morgan fingerprint density at radius 1 is 1.19 bits per heavy atom. The number of likely N-dealkylation sites (tertiary alicyclic amines) is 1. The molecule has 0 aromatic heterocycles. The van der Waals surface area contributed by atoms with Crippen molar-refractivity contribution in [2.45, 2.75) is 58.4 Å². The zero-order valence-electron chi connectivity index (χ0n) is 14.0. The smallest absolute Gasteiger partial charge is 0.317 e. The predicted molar refractivity (Wildman–Crippen MR) is 85.5 cm³/mol. The van der Waals surface area contributed by atoms with Crippen LogP contribution >= 0.6 is 0 Å². The van der Waals surface area contributed by atoms with Crippen LogP contribution in [0, 0.1) is 11.3 Å². The third-order valence-electron chi connectivity index (χ3n) is 5.54. The van der Waals surface area contributed by atoms with Crippen molar-refractivity contribution in [3.8, 4) is 0 Å². The number of aliphatic carboxylic acids is 1. The summed E-state index contributed by atoms with van der Waals surface area (Å²) in [6, 6.07) is 0.447. The second-order valence-electron chi connectivity index (χ2n) is 7.95. The summed E-state index contributed by atoms with van der Waals surface area (Å²) in [7, 11) is 1.94. The van der Waals surface area contributed by atoms with E-state index in [-0.39, 0.29) is 6.54 Å². The first-order valence-electron chi connectivity index (χ1n) is 8.50. The first-order valence-corrected chi connectivity index (χ1v) is 8.50. The predicted octanol–water partition coefficient (Wildman–Crippen LogP) is 2.68. The quantitative estimate of drug-likeness (QED) is 0.847. The van der Waals surface area contributed by atoms with Crippen LogP contribution in [0.3, 0.4) is 0 Å². The minimum Gasteiger partial charge on any atom is -0.480 e. The molecule has 0 atom stereocenters. The third-order valence-corrected chi connectivity index (χ3v) is 5.54. The normalized spacial score (nSPS) is 25.3. The number of likely N-dealkylation sites (N-methyl/N-ethyl adjacent to an activating group) is 1. The van der Waals surface area contributed by atoms with Gasteiger partial charge in [-0.1, -0.05) is 13.8 Å². The Kier molecular flexibility index (Phi) is 5.67. The van der Waals surface area contributed by atoms with Gasteiger partial charge in [0.15, 0.2) is 0 Å². The van der Waals surface area contributed by atoms with Crippen LogP contribution in [0.15, 0.2) is 0 Å². The summed E-state index contributed by atoms with van der Waals surface area (Å²) < 4.78 is 0. The molecule has 0 aromatic carbocycles. The maximum atomic E-state index is 10.8. The Hall–Kier alpha value is -0.610. The van der Waals surface area contributed by atoms with E-state index in [1.165, 1.54) is 32.2 Å². The van der Waals surface area contributed by atoms with E-state index < -0.39 is 5.97 Å². The third kappa shape index (κ3) is 5.26. The summed E-state index contributed by atoms with van der Waals surface area (Å²) in [5.74, 6) is 0.163. The fraction of sp³-hybridized carbons (Fsp3) is 0.941. The van der Waals surface area contributed by atoms with Crippen molar-refractivity contribution < 1.29 is 9.90 Å². The Morgan fingerprint density at radius 3 is 2.29 bits per heavy atom. The van der Waals surface area contributed by atoms with Crippen LogP contribution in [0.1, 0.15) is 52.4 Å².